The monoisotopic (exact) mass is 590 g/mol. The SMILES string of the molecule is [B]C1O[C@@]2(COP(=O)(O)OC3C4OC[C@]3(CO)OC4[B])CCC1C2OP(=O)(O)OC[C@@]12COC(C([B])O1)C2O. The fourth-order valence-corrected chi connectivity index (χ4v) is 8.46. The van der Waals surface area contributed by atoms with Gasteiger partial charge in [0.25, 0.3) is 0 Å². The Morgan fingerprint density at radius 1 is 0.795 bits per heavy atom. The van der Waals surface area contributed by atoms with Crippen LogP contribution in [0.3, 0.4) is 0 Å². The van der Waals surface area contributed by atoms with Crippen LogP contribution in [0.2, 0.25) is 0 Å². The van der Waals surface area contributed by atoms with E-state index in [-0.39, 0.29) is 19.6 Å². The second-order valence-electron chi connectivity index (χ2n) is 10.8. The van der Waals surface area contributed by atoms with Gasteiger partial charge in [-0.3, -0.25) is 18.1 Å². The zero-order valence-electron chi connectivity index (χ0n) is 20.6. The summed E-state index contributed by atoms with van der Waals surface area (Å²) in [6.45, 7) is -1.92. The van der Waals surface area contributed by atoms with Crippen molar-refractivity contribution in [2.24, 2.45) is 5.92 Å². The Bertz CT molecular complexity index is 1080. The maximum Gasteiger partial charge on any atom is 0.472 e. The number of hydrogen-bond donors (Lipinski definition) is 4. The summed E-state index contributed by atoms with van der Waals surface area (Å²) in [4.78, 5) is 21.0. The lowest BCUT2D eigenvalue weighted by Gasteiger charge is -2.34. The van der Waals surface area contributed by atoms with Crippen LogP contribution in [0.1, 0.15) is 12.8 Å². The highest BCUT2D eigenvalue weighted by atomic mass is 31.2. The van der Waals surface area contributed by atoms with Crippen molar-refractivity contribution in [2.45, 2.75) is 78.2 Å². The van der Waals surface area contributed by atoms with Gasteiger partial charge >= 0.3 is 15.6 Å². The number of phosphoric acid groups is 2. The Hall–Kier alpha value is 0.135. The molecule has 6 fully saturated rings. The molecule has 1 saturated carbocycles. The molecule has 5 saturated heterocycles. The Morgan fingerprint density at radius 3 is 1.90 bits per heavy atom. The molecular weight excluding hydrogens is 563 g/mol. The topological polar surface area (TPSA) is 198 Å². The first-order valence-corrected chi connectivity index (χ1v) is 15.4. The van der Waals surface area contributed by atoms with Gasteiger partial charge in [-0.15, -0.1) is 0 Å². The first-order valence-electron chi connectivity index (χ1n) is 12.4. The molecule has 11 unspecified atom stereocenters. The third-order valence-electron chi connectivity index (χ3n) is 8.40. The van der Waals surface area contributed by atoms with E-state index in [4.69, 9.17) is 65.3 Å². The summed E-state index contributed by atoms with van der Waals surface area (Å²) in [7, 11) is 7.95. The third-order valence-corrected chi connectivity index (χ3v) is 10.3. The van der Waals surface area contributed by atoms with Gasteiger partial charge in [0, 0.05) is 23.9 Å². The lowest BCUT2D eigenvalue weighted by molar-refractivity contribution is -0.138. The van der Waals surface area contributed by atoms with Gasteiger partial charge in [-0.05, 0) is 12.8 Å². The van der Waals surface area contributed by atoms with Crippen LogP contribution in [0.25, 0.3) is 0 Å². The molecular formula is C19H27B3O15P2. The molecule has 0 spiro atoms. The van der Waals surface area contributed by atoms with Crippen molar-refractivity contribution in [1.29, 1.82) is 0 Å². The molecule has 0 aromatic carbocycles. The predicted octanol–water partition coefficient (Wildman–Crippen LogP) is -2.66. The first-order chi connectivity index (χ1) is 18.2. The first kappa shape index (κ1) is 29.2. The number of aliphatic hydroxyl groups excluding tert-OH is 2. The summed E-state index contributed by atoms with van der Waals surface area (Å²) in [6.07, 6.45) is -4.59. The van der Waals surface area contributed by atoms with Gasteiger partial charge < -0.3 is 43.7 Å². The van der Waals surface area contributed by atoms with Crippen molar-refractivity contribution in [3.05, 3.63) is 0 Å². The fraction of sp³-hybridized carbons (Fsp3) is 1.00. The lowest BCUT2D eigenvalue weighted by atomic mass is 9.86. The molecule has 5 heterocycles. The minimum atomic E-state index is -4.83. The van der Waals surface area contributed by atoms with Crippen LogP contribution in [-0.2, 0) is 50.9 Å². The van der Waals surface area contributed by atoms with Gasteiger partial charge in [0.15, 0.2) is 0 Å². The molecule has 14 atom stereocenters. The van der Waals surface area contributed by atoms with E-state index < -0.39 is 107 Å². The Balaban J connectivity index is 1.10. The van der Waals surface area contributed by atoms with Crippen molar-refractivity contribution in [3.63, 3.8) is 0 Å². The van der Waals surface area contributed by atoms with E-state index in [1.54, 1.807) is 0 Å². The molecule has 0 aromatic heterocycles. The molecule has 0 aromatic rings. The molecule has 6 radical (unpaired) electrons. The van der Waals surface area contributed by atoms with E-state index in [1.807, 2.05) is 0 Å². The summed E-state index contributed by atoms with van der Waals surface area (Å²) < 4.78 is 74.5. The van der Waals surface area contributed by atoms with Gasteiger partial charge in [0.2, 0.25) is 0 Å². The van der Waals surface area contributed by atoms with E-state index in [0.717, 1.165) is 0 Å². The van der Waals surface area contributed by atoms with Crippen LogP contribution in [0, 0.1) is 5.92 Å². The van der Waals surface area contributed by atoms with E-state index in [0.29, 0.717) is 6.42 Å². The molecule has 212 valence electrons. The number of phosphoric ester groups is 2. The number of fused-ring (bicyclic) bond motifs is 6. The Labute approximate surface area is 227 Å². The zero-order chi connectivity index (χ0) is 28.0. The molecule has 6 aliphatic rings. The number of aliphatic hydroxyl groups is 2. The molecule has 39 heavy (non-hydrogen) atoms. The quantitative estimate of drug-likeness (QED) is 0.144. The average molecular weight is 590 g/mol. The summed E-state index contributed by atoms with van der Waals surface area (Å²) in [5, 5.41) is 20.1. The van der Waals surface area contributed by atoms with E-state index in [2.05, 4.69) is 0 Å². The maximum absolute atomic E-state index is 12.9. The second kappa shape index (κ2) is 9.83. The predicted molar refractivity (Wildman–Crippen MR) is 127 cm³/mol. The lowest BCUT2D eigenvalue weighted by Crippen LogP contribution is -2.46. The Kier molecular flexibility index (Phi) is 7.37. The highest BCUT2D eigenvalue weighted by molar-refractivity contribution is 7.47. The van der Waals surface area contributed by atoms with Crippen LogP contribution in [0.4, 0.5) is 0 Å². The van der Waals surface area contributed by atoms with Crippen molar-refractivity contribution in [3.8, 4) is 0 Å². The van der Waals surface area contributed by atoms with Crippen LogP contribution < -0.4 is 0 Å². The van der Waals surface area contributed by atoms with E-state index in [9.17, 15) is 29.1 Å². The standard InChI is InChI=1S/C19H27B3O15P2/c20-14-8-1-2-17(33-14,6-31-39(27,28)37-13-10-16(22)34-18(13,3-23)4-30-10)12(8)36-38(25,26)32-7-19-5-29-9(11(19)24)15(21)35-19/h8-16,23-24H,1-7H2,(H,25,26)(H,27,28)/t8?,9?,10?,11?,12?,13?,14?,15?,16?,17-,18+,19-/m1/s1. The third kappa shape index (κ3) is 4.77. The highest BCUT2D eigenvalue weighted by Gasteiger charge is 2.65. The molecule has 6 bridgehead atoms. The largest absolute Gasteiger partial charge is 0.472 e. The molecule has 4 N–H and O–H groups in total. The number of rotatable bonds is 11. The zero-order valence-corrected chi connectivity index (χ0v) is 22.3. The van der Waals surface area contributed by atoms with Crippen molar-refractivity contribution >= 4 is 39.2 Å². The van der Waals surface area contributed by atoms with Crippen LogP contribution >= 0.6 is 15.6 Å². The van der Waals surface area contributed by atoms with Crippen molar-refractivity contribution in [1.82, 2.24) is 0 Å². The molecule has 6 rings (SSSR count). The summed E-state index contributed by atoms with van der Waals surface area (Å²) in [5.74, 6) is -0.557. The average Bonchev–Trinajstić information content (AvgIpc) is 3.65. The van der Waals surface area contributed by atoms with Gasteiger partial charge in [-0.1, -0.05) is 0 Å². The smallest absolute Gasteiger partial charge is 0.393 e. The highest BCUT2D eigenvalue weighted by Crippen LogP contribution is 2.59. The van der Waals surface area contributed by atoms with E-state index in [1.165, 1.54) is 0 Å². The molecule has 15 nitrogen and oxygen atoms in total. The van der Waals surface area contributed by atoms with Crippen molar-refractivity contribution in [2.75, 3.05) is 33.0 Å². The maximum atomic E-state index is 12.9. The van der Waals surface area contributed by atoms with E-state index >= 15 is 0 Å². The van der Waals surface area contributed by atoms with Crippen LogP contribution in [0.15, 0.2) is 0 Å². The molecule has 20 heteroatoms. The summed E-state index contributed by atoms with van der Waals surface area (Å²) >= 11 is 0. The number of ether oxygens (including phenoxy) is 5. The molecule has 0 amide bonds. The van der Waals surface area contributed by atoms with Gasteiger partial charge in [0.1, 0.15) is 70.9 Å². The molecule has 1 aliphatic carbocycles. The summed E-state index contributed by atoms with van der Waals surface area (Å²) in [5.41, 5.74) is -4.34. The van der Waals surface area contributed by atoms with Crippen LogP contribution in [0.5, 0.6) is 0 Å². The fourth-order valence-electron chi connectivity index (χ4n) is 6.34. The minimum Gasteiger partial charge on any atom is -0.393 e. The van der Waals surface area contributed by atoms with Crippen LogP contribution in [-0.4, -0.2) is 142 Å². The van der Waals surface area contributed by atoms with Gasteiger partial charge in [-0.25, -0.2) is 9.13 Å². The summed E-state index contributed by atoms with van der Waals surface area (Å²) in [6, 6.07) is -2.83. The normalized spacial score (nSPS) is 52.9. The Morgan fingerprint density at radius 2 is 1.33 bits per heavy atom. The van der Waals surface area contributed by atoms with Crippen molar-refractivity contribution < 1.29 is 70.9 Å². The van der Waals surface area contributed by atoms with Gasteiger partial charge in [-0.2, -0.15) is 0 Å². The minimum absolute atomic E-state index is 0.0973. The second-order valence-corrected chi connectivity index (χ2v) is 13.6. The van der Waals surface area contributed by atoms with Gasteiger partial charge in [0.05, 0.1) is 33.0 Å². The molecule has 5 aliphatic heterocycles. The number of hydrogen-bond acceptors (Lipinski definition) is 13.